The molecule has 0 bridgehead atoms. The van der Waals surface area contributed by atoms with Crippen molar-refractivity contribution in [3.05, 3.63) is 28.3 Å². The third kappa shape index (κ3) is 2.94. The standard InChI is InChI=1S/C16H22N4OS/c1-10-6-20(7-11(2)17-10)16(21)15-5-13(8-19(15)4)14-9-22-12(3)18-14/h5,8-11,17H,6-7H2,1-4H3/t10-,11-/m0/s1. The number of thiazole rings is 1. The van der Waals surface area contributed by atoms with Gasteiger partial charge in [0.1, 0.15) is 5.69 Å². The molecule has 1 saturated heterocycles. The SMILES string of the molecule is Cc1nc(-c2cc(C(=O)N3C[C@H](C)N[C@@H](C)C3)n(C)c2)cs1. The highest BCUT2D eigenvalue weighted by molar-refractivity contribution is 7.09. The first kappa shape index (κ1) is 15.2. The van der Waals surface area contributed by atoms with Crippen molar-refractivity contribution in [2.75, 3.05) is 13.1 Å². The summed E-state index contributed by atoms with van der Waals surface area (Å²) < 4.78 is 1.91. The Hall–Kier alpha value is -1.66. The lowest BCUT2D eigenvalue weighted by molar-refractivity contribution is 0.0664. The lowest BCUT2D eigenvalue weighted by atomic mass is 10.1. The molecule has 6 heteroatoms. The van der Waals surface area contributed by atoms with Gasteiger partial charge in [-0.1, -0.05) is 0 Å². The van der Waals surface area contributed by atoms with Crippen LogP contribution in [0.4, 0.5) is 0 Å². The lowest BCUT2D eigenvalue weighted by Gasteiger charge is -2.36. The lowest BCUT2D eigenvalue weighted by Crippen LogP contribution is -2.56. The van der Waals surface area contributed by atoms with Gasteiger partial charge < -0.3 is 14.8 Å². The Morgan fingerprint density at radius 3 is 2.64 bits per heavy atom. The molecule has 1 N–H and O–H groups in total. The Balaban J connectivity index is 1.85. The van der Waals surface area contributed by atoms with Gasteiger partial charge >= 0.3 is 0 Å². The summed E-state index contributed by atoms with van der Waals surface area (Å²) in [5.41, 5.74) is 2.67. The molecular formula is C16H22N4OS. The molecule has 0 unspecified atom stereocenters. The zero-order valence-corrected chi connectivity index (χ0v) is 14.3. The molecule has 1 aliphatic heterocycles. The van der Waals surface area contributed by atoms with Crippen molar-refractivity contribution in [2.24, 2.45) is 7.05 Å². The Morgan fingerprint density at radius 2 is 2.05 bits per heavy atom. The first-order valence-corrected chi connectivity index (χ1v) is 8.46. The molecule has 2 aromatic heterocycles. The van der Waals surface area contributed by atoms with Gasteiger partial charge in [0.25, 0.3) is 5.91 Å². The largest absolute Gasteiger partial charge is 0.346 e. The molecule has 0 aliphatic carbocycles. The summed E-state index contributed by atoms with van der Waals surface area (Å²) in [6.45, 7) is 7.72. The quantitative estimate of drug-likeness (QED) is 0.924. The van der Waals surface area contributed by atoms with Crippen LogP contribution < -0.4 is 5.32 Å². The van der Waals surface area contributed by atoms with Gasteiger partial charge in [-0.15, -0.1) is 11.3 Å². The minimum Gasteiger partial charge on any atom is -0.346 e. The number of aromatic nitrogens is 2. The second-order valence-corrected chi connectivity index (χ2v) is 7.22. The summed E-state index contributed by atoms with van der Waals surface area (Å²) >= 11 is 1.63. The van der Waals surface area contributed by atoms with Gasteiger partial charge in [0.2, 0.25) is 0 Å². The van der Waals surface area contributed by atoms with Crippen molar-refractivity contribution in [3.63, 3.8) is 0 Å². The van der Waals surface area contributed by atoms with Crippen LogP contribution >= 0.6 is 11.3 Å². The topological polar surface area (TPSA) is 50.2 Å². The maximum atomic E-state index is 12.8. The summed E-state index contributed by atoms with van der Waals surface area (Å²) in [7, 11) is 1.92. The van der Waals surface area contributed by atoms with E-state index in [1.54, 1.807) is 11.3 Å². The van der Waals surface area contributed by atoms with Crippen LogP contribution in [0.2, 0.25) is 0 Å². The fourth-order valence-electron chi connectivity index (χ4n) is 3.07. The van der Waals surface area contributed by atoms with E-state index in [0.717, 1.165) is 35.0 Å². The van der Waals surface area contributed by atoms with Crippen molar-refractivity contribution in [1.29, 1.82) is 0 Å². The number of carbonyl (C=O) groups is 1. The van der Waals surface area contributed by atoms with Gasteiger partial charge in [0, 0.05) is 49.4 Å². The molecule has 2 aromatic rings. The molecule has 1 fully saturated rings. The summed E-state index contributed by atoms with van der Waals surface area (Å²) in [4.78, 5) is 19.3. The molecule has 3 heterocycles. The number of amides is 1. The molecule has 0 radical (unpaired) electrons. The van der Waals surface area contributed by atoms with Crippen molar-refractivity contribution in [1.82, 2.24) is 19.8 Å². The average molecular weight is 318 g/mol. The van der Waals surface area contributed by atoms with E-state index in [1.165, 1.54) is 0 Å². The van der Waals surface area contributed by atoms with Gasteiger partial charge in [0.15, 0.2) is 0 Å². The molecule has 118 valence electrons. The third-order valence-corrected chi connectivity index (χ3v) is 4.76. The predicted molar refractivity (Wildman–Crippen MR) is 89.2 cm³/mol. The highest BCUT2D eigenvalue weighted by Gasteiger charge is 2.27. The molecule has 5 nitrogen and oxygen atoms in total. The zero-order chi connectivity index (χ0) is 15.9. The van der Waals surface area contributed by atoms with Crippen LogP contribution in [0.15, 0.2) is 17.6 Å². The third-order valence-electron chi connectivity index (χ3n) is 3.98. The van der Waals surface area contributed by atoms with Crippen molar-refractivity contribution < 1.29 is 4.79 Å². The Kier molecular flexibility index (Phi) is 4.06. The van der Waals surface area contributed by atoms with Gasteiger partial charge in [-0.3, -0.25) is 4.79 Å². The maximum Gasteiger partial charge on any atom is 0.270 e. The van der Waals surface area contributed by atoms with Crippen LogP contribution in [0.3, 0.4) is 0 Å². The molecule has 0 spiro atoms. The van der Waals surface area contributed by atoms with E-state index < -0.39 is 0 Å². The van der Waals surface area contributed by atoms with Crippen LogP contribution in [0.5, 0.6) is 0 Å². The second kappa shape index (κ2) is 5.85. The normalized spacial score (nSPS) is 22.1. The van der Waals surface area contributed by atoms with Crippen molar-refractivity contribution >= 4 is 17.2 Å². The smallest absolute Gasteiger partial charge is 0.270 e. The van der Waals surface area contributed by atoms with Crippen LogP contribution in [0.1, 0.15) is 29.3 Å². The fourth-order valence-corrected chi connectivity index (χ4v) is 3.69. The van der Waals surface area contributed by atoms with Gasteiger partial charge in [-0.05, 0) is 26.8 Å². The molecule has 0 aromatic carbocycles. The number of nitrogens with one attached hydrogen (secondary N) is 1. The number of nitrogens with zero attached hydrogens (tertiary/aromatic N) is 3. The van der Waals surface area contributed by atoms with Crippen molar-refractivity contribution in [2.45, 2.75) is 32.9 Å². The first-order chi connectivity index (χ1) is 10.4. The van der Waals surface area contributed by atoms with Crippen LogP contribution in [0, 0.1) is 6.92 Å². The average Bonchev–Trinajstić information content (AvgIpc) is 3.03. The summed E-state index contributed by atoms with van der Waals surface area (Å²) in [5.74, 6) is 0.0981. The Morgan fingerprint density at radius 1 is 1.36 bits per heavy atom. The first-order valence-electron chi connectivity index (χ1n) is 7.58. The highest BCUT2D eigenvalue weighted by Crippen LogP contribution is 2.24. The van der Waals surface area contributed by atoms with E-state index in [-0.39, 0.29) is 5.91 Å². The highest BCUT2D eigenvalue weighted by atomic mass is 32.1. The summed E-state index contributed by atoms with van der Waals surface area (Å²) in [6, 6.07) is 2.61. The van der Waals surface area contributed by atoms with Crippen LogP contribution in [-0.2, 0) is 7.05 Å². The summed E-state index contributed by atoms with van der Waals surface area (Å²) in [5, 5.41) is 6.53. The van der Waals surface area contributed by atoms with E-state index in [1.807, 2.05) is 41.1 Å². The van der Waals surface area contributed by atoms with Gasteiger partial charge in [-0.2, -0.15) is 0 Å². The minimum absolute atomic E-state index is 0.0981. The van der Waals surface area contributed by atoms with Crippen molar-refractivity contribution in [3.8, 4) is 11.3 Å². The molecule has 3 rings (SSSR count). The van der Waals surface area contributed by atoms with E-state index in [2.05, 4.69) is 24.1 Å². The molecule has 0 saturated carbocycles. The second-order valence-electron chi connectivity index (χ2n) is 6.16. The van der Waals surface area contributed by atoms with Crippen LogP contribution in [0.25, 0.3) is 11.3 Å². The zero-order valence-electron chi connectivity index (χ0n) is 13.5. The molecule has 1 aliphatic rings. The Bertz CT molecular complexity index is 680. The molecule has 1 amide bonds. The molecule has 2 atom stereocenters. The van der Waals surface area contributed by atoms with E-state index >= 15 is 0 Å². The number of rotatable bonds is 2. The van der Waals surface area contributed by atoms with Gasteiger partial charge in [-0.25, -0.2) is 4.98 Å². The van der Waals surface area contributed by atoms with E-state index in [9.17, 15) is 4.79 Å². The van der Waals surface area contributed by atoms with Gasteiger partial charge in [0.05, 0.1) is 10.7 Å². The molecule has 22 heavy (non-hydrogen) atoms. The van der Waals surface area contributed by atoms with E-state index in [4.69, 9.17) is 0 Å². The van der Waals surface area contributed by atoms with E-state index in [0.29, 0.717) is 12.1 Å². The monoisotopic (exact) mass is 318 g/mol. The number of piperazine rings is 1. The van der Waals surface area contributed by atoms with Crippen LogP contribution in [-0.4, -0.2) is 45.5 Å². The number of hydrogen-bond acceptors (Lipinski definition) is 4. The number of hydrogen-bond donors (Lipinski definition) is 1. The summed E-state index contributed by atoms with van der Waals surface area (Å²) in [6.07, 6.45) is 1.98. The number of aryl methyl sites for hydroxylation is 2. The predicted octanol–water partition coefficient (Wildman–Crippen LogP) is 2.28. The Labute approximate surface area is 135 Å². The maximum absolute atomic E-state index is 12.8. The minimum atomic E-state index is 0.0981. The molecular weight excluding hydrogens is 296 g/mol. The number of carbonyl (C=O) groups excluding carboxylic acids is 1. The fraction of sp³-hybridized carbons (Fsp3) is 0.500.